The van der Waals surface area contributed by atoms with E-state index in [0.717, 1.165) is 12.8 Å². The highest BCUT2D eigenvalue weighted by atomic mass is 79.9. The standard InChI is InChI=1S/C17H16BrF4N3O2/c1-8-2-5-10(11(6-8)27-17(21)22)23-12(26)7-25-15(9-3-4-9)13(18)14(24-25)16(19)20/h2,5-6,9,16-17H,3-4,7H2,1H3,(H,23,26). The van der Waals surface area contributed by atoms with Gasteiger partial charge in [0.05, 0.1) is 15.9 Å². The number of carbonyl (C=O) groups excluding carboxylic acids is 1. The average Bonchev–Trinajstić information content (AvgIpc) is 3.34. The zero-order valence-electron chi connectivity index (χ0n) is 14.2. The molecule has 3 rings (SSSR count). The zero-order chi connectivity index (χ0) is 19.7. The number of anilines is 1. The molecule has 0 radical (unpaired) electrons. The first-order valence-corrected chi connectivity index (χ1v) is 8.95. The molecule has 27 heavy (non-hydrogen) atoms. The number of nitrogens with one attached hydrogen (secondary N) is 1. The van der Waals surface area contributed by atoms with Crippen molar-refractivity contribution in [2.45, 2.75) is 45.3 Å². The second-order valence-corrected chi connectivity index (χ2v) is 7.04. The fourth-order valence-electron chi connectivity index (χ4n) is 2.73. The largest absolute Gasteiger partial charge is 0.433 e. The summed E-state index contributed by atoms with van der Waals surface area (Å²) in [5.74, 6) is -0.685. The molecule has 0 aliphatic heterocycles. The van der Waals surface area contributed by atoms with Crippen LogP contribution < -0.4 is 10.1 Å². The Morgan fingerprint density at radius 1 is 1.37 bits per heavy atom. The van der Waals surface area contributed by atoms with Crippen LogP contribution in [0.2, 0.25) is 0 Å². The van der Waals surface area contributed by atoms with Crippen LogP contribution in [0.1, 0.15) is 42.1 Å². The quantitative estimate of drug-likeness (QED) is 0.604. The molecule has 146 valence electrons. The summed E-state index contributed by atoms with van der Waals surface area (Å²) in [6.45, 7) is -1.67. The number of hydrogen-bond acceptors (Lipinski definition) is 3. The Morgan fingerprint density at radius 3 is 2.67 bits per heavy atom. The first-order chi connectivity index (χ1) is 12.8. The van der Waals surface area contributed by atoms with Gasteiger partial charge in [0, 0.05) is 5.92 Å². The third-order valence-electron chi connectivity index (χ3n) is 4.05. The lowest BCUT2D eigenvalue weighted by Crippen LogP contribution is -2.21. The van der Waals surface area contributed by atoms with Crippen LogP contribution in [0.3, 0.4) is 0 Å². The molecule has 0 atom stereocenters. The normalized spacial score (nSPS) is 14.1. The maximum atomic E-state index is 13.1. The number of benzene rings is 1. The van der Waals surface area contributed by atoms with Gasteiger partial charge in [-0.3, -0.25) is 9.48 Å². The third kappa shape index (κ3) is 4.60. The average molecular weight is 450 g/mol. The van der Waals surface area contributed by atoms with E-state index in [2.05, 4.69) is 31.1 Å². The maximum Gasteiger partial charge on any atom is 0.387 e. The Morgan fingerprint density at radius 2 is 2.07 bits per heavy atom. The van der Waals surface area contributed by atoms with Gasteiger partial charge >= 0.3 is 6.61 Å². The lowest BCUT2D eigenvalue weighted by molar-refractivity contribution is -0.117. The maximum absolute atomic E-state index is 13.1. The Hall–Kier alpha value is -2.10. The van der Waals surface area contributed by atoms with Crippen LogP contribution in [-0.4, -0.2) is 22.3 Å². The summed E-state index contributed by atoms with van der Waals surface area (Å²) >= 11 is 3.15. The van der Waals surface area contributed by atoms with Crippen LogP contribution >= 0.6 is 15.9 Å². The number of alkyl halides is 4. The molecule has 1 aliphatic carbocycles. The van der Waals surface area contributed by atoms with E-state index >= 15 is 0 Å². The molecule has 5 nitrogen and oxygen atoms in total. The van der Waals surface area contributed by atoms with Crippen molar-refractivity contribution in [3.8, 4) is 5.75 Å². The van der Waals surface area contributed by atoms with E-state index in [4.69, 9.17) is 0 Å². The van der Waals surface area contributed by atoms with E-state index in [-0.39, 0.29) is 28.4 Å². The predicted octanol–water partition coefficient (Wildman–Crippen LogP) is 5.01. The van der Waals surface area contributed by atoms with Crippen LogP contribution in [0, 0.1) is 6.92 Å². The number of hydrogen-bond donors (Lipinski definition) is 1. The number of amides is 1. The summed E-state index contributed by atoms with van der Waals surface area (Å²) in [6.07, 6.45) is -1.11. The van der Waals surface area contributed by atoms with E-state index in [9.17, 15) is 22.4 Å². The Balaban J connectivity index is 1.80. The first-order valence-electron chi connectivity index (χ1n) is 8.15. The lowest BCUT2D eigenvalue weighted by atomic mass is 10.2. The van der Waals surface area contributed by atoms with Crippen molar-refractivity contribution in [2.75, 3.05) is 5.32 Å². The van der Waals surface area contributed by atoms with Gasteiger partial charge < -0.3 is 10.1 Å². The van der Waals surface area contributed by atoms with E-state index in [1.165, 1.54) is 16.8 Å². The third-order valence-corrected chi connectivity index (χ3v) is 4.86. The molecule has 1 amide bonds. The number of nitrogens with zero attached hydrogens (tertiary/aromatic N) is 2. The number of ether oxygens (including phenoxy) is 1. The fraction of sp³-hybridized carbons (Fsp3) is 0.412. The SMILES string of the molecule is Cc1ccc(NC(=O)Cn2nc(C(F)F)c(Br)c2C2CC2)c(OC(F)F)c1. The number of aryl methyl sites for hydroxylation is 1. The monoisotopic (exact) mass is 449 g/mol. The van der Waals surface area contributed by atoms with Gasteiger partial charge in [-0.05, 0) is 53.4 Å². The predicted molar refractivity (Wildman–Crippen MR) is 93.3 cm³/mol. The summed E-state index contributed by atoms with van der Waals surface area (Å²) in [5.41, 5.74) is 0.881. The van der Waals surface area contributed by atoms with Gasteiger partial charge in [0.1, 0.15) is 18.0 Å². The molecule has 1 N–H and O–H groups in total. The van der Waals surface area contributed by atoms with Crippen LogP contribution in [-0.2, 0) is 11.3 Å². The lowest BCUT2D eigenvalue weighted by Gasteiger charge is -2.13. The van der Waals surface area contributed by atoms with E-state index in [0.29, 0.717) is 11.3 Å². The highest BCUT2D eigenvalue weighted by Gasteiger charge is 2.34. The molecule has 1 aromatic carbocycles. The number of halogens is 5. The molecule has 0 bridgehead atoms. The van der Waals surface area contributed by atoms with Crippen LogP contribution in [0.5, 0.6) is 5.75 Å². The number of carbonyl (C=O) groups is 1. The van der Waals surface area contributed by atoms with Crippen molar-refractivity contribution in [2.24, 2.45) is 0 Å². The minimum absolute atomic E-state index is 0.0687. The molecule has 10 heteroatoms. The molecule has 1 saturated carbocycles. The molecule has 1 aliphatic rings. The van der Waals surface area contributed by atoms with Crippen LogP contribution in [0.25, 0.3) is 0 Å². The van der Waals surface area contributed by atoms with Gasteiger partial charge in [0.15, 0.2) is 0 Å². The molecule has 2 aromatic rings. The van der Waals surface area contributed by atoms with Crippen molar-refractivity contribution >= 4 is 27.5 Å². The van der Waals surface area contributed by atoms with Gasteiger partial charge in [-0.1, -0.05) is 6.07 Å². The Bertz CT molecular complexity index is 853. The van der Waals surface area contributed by atoms with Gasteiger partial charge in [0.2, 0.25) is 5.91 Å². The highest BCUT2D eigenvalue weighted by molar-refractivity contribution is 9.10. The second kappa shape index (κ2) is 7.87. The minimum atomic E-state index is -3.04. The van der Waals surface area contributed by atoms with Crippen molar-refractivity contribution in [1.82, 2.24) is 9.78 Å². The molecule has 1 fully saturated rings. The summed E-state index contributed by atoms with van der Waals surface area (Å²) in [7, 11) is 0. The summed E-state index contributed by atoms with van der Waals surface area (Å²) in [4.78, 5) is 12.4. The topological polar surface area (TPSA) is 56.2 Å². The molecule has 0 unspecified atom stereocenters. The molecular formula is C17H16BrF4N3O2. The minimum Gasteiger partial charge on any atom is -0.433 e. The van der Waals surface area contributed by atoms with Crippen molar-refractivity contribution in [3.05, 3.63) is 39.6 Å². The molecule has 1 aromatic heterocycles. The Labute approximate surface area is 160 Å². The smallest absolute Gasteiger partial charge is 0.387 e. The first kappa shape index (κ1) is 19.7. The Kier molecular flexibility index (Phi) is 5.73. The summed E-state index contributed by atoms with van der Waals surface area (Å²) in [6, 6.07) is 4.44. The van der Waals surface area contributed by atoms with E-state index in [1.807, 2.05) is 0 Å². The van der Waals surface area contributed by atoms with Gasteiger partial charge in [-0.25, -0.2) is 8.78 Å². The van der Waals surface area contributed by atoms with Gasteiger partial charge in [-0.2, -0.15) is 13.9 Å². The second-order valence-electron chi connectivity index (χ2n) is 6.24. The molecule has 1 heterocycles. The van der Waals surface area contributed by atoms with Crippen LogP contribution in [0.4, 0.5) is 23.2 Å². The molecular weight excluding hydrogens is 434 g/mol. The van der Waals surface area contributed by atoms with Gasteiger partial charge in [-0.15, -0.1) is 0 Å². The fourth-order valence-corrected chi connectivity index (χ4v) is 3.51. The van der Waals surface area contributed by atoms with Crippen LogP contribution in [0.15, 0.2) is 22.7 Å². The van der Waals surface area contributed by atoms with Crippen molar-refractivity contribution < 1.29 is 27.1 Å². The summed E-state index contributed by atoms with van der Waals surface area (Å²) < 4.78 is 57.2. The molecule has 0 saturated heterocycles. The van der Waals surface area contributed by atoms with Crippen molar-refractivity contribution in [3.63, 3.8) is 0 Å². The number of aromatic nitrogens is 2. The zero-order valence-corrected chi connectivity index (χ0v) is 15.8. The highest BCUT2D eigenvalue weighted by Crippen LogP contribution is 2.45. The molecule has 0 spiro atoms. The summed E-state index contributed by atoms with van der Waals surface area (Å²) in [5, 5.41) is 6.32. The number of rotatable bonds is 7. The van der Waals surface area contributed by atoms with Gasteiger partial charge in [0.25, 0.3) is 6.43 Å². The van der Waals surface area contributed by atoms with E-state index < -0.39 is 24.6 Å². The van der Waals surface area contributed by atoms with Crippen molar-refractivity contribution in [1.29, 1.82) is 0 Å². The van der Waals surface area contributed by atoms with E-state index in [1.54, 1.807) is 13.0 Å².